The summed E-state index contributed by atoms with van der Waals surface area (Å²) in [6.07, 6.45) is 1.07. The van der Waals surface area contributed by atoms with Crippen molar-refractivity contribution in [2.75, 3.05) is 18.5 Å². The number of halogens is 2. The third-order valence-electron chi connectivity index (χ3n) is 2.10. The molecule has 1 amide bonds. The molecule has 1 rings (SSSR count). The van der Waals surface area contributed by atoms with Gasteiger partial charge in [-0.3, -0.25) is 4.79 Å². The van der Waals surface area contributed by atoms with E-state index in [1.165, 1.54) is 18.2 Å². The lowest BCUT2D eigenvalue weighted by molar-refractivity contribution is -0.116. The topological polar surface area (TPSA) is 38.3 Å². The summed E-state index contributed by atoms with van der Waals surface area (Å²) < 4.78 is 18.5. The van der Waals surface area contributed by atoms with Crippen LogP contribution in [0.1, 0.15) is 19.8 Å². The molecule has 0 aliphatic heterocycles. The lowest BCUT2D eigenvalue weighted by Crippen LogP contribution is -2.12. The number of hydrogen-bond donors (Lipinski definition) is 1. The molecule has 0 spiro atoms. The summed E-state index contributed by atoms with van der Waals surface area (Å²) in [5, 5.41) is 2.71. The molecule has 0 aromatic heterocycles. The van der Waals surface area contributed by atoms with Crippen molar-refractivity contribution in [2.45, 2.75) is 19.8 Å². The van der Waals surface area contributed by atoms with E-state index < -0.39 is 0 Å². The average Bonchev–Trinajstić information content (AvgIpc) is 2.28. The normalized spacial score (nSPS) is 10.3. The standard InChI is InChI=1S/C12H15BrFNO2/c1-2-17-7-3-4-12(16)15-11-6-5-9(14)8-10(11)13/h5-6,8H,2-4,7H2,1H3,(H,15,16). The van der Waals surface area contributed by atoms with Gasteiger partial charge in [0, 0.05) is 24.1 Å². The number of rotatable bonds is 6. The molecule has 3 nitrogen and oxygen atoms in total. The SMILES string of the molecule is CCOCCCC(=O)Nc1ccc(F)cc1Br. The minimum absolute atomic E-state index is 0.1000. The van der Waals surface area contributed by atoms with E-state index in [4.69, 9.17) is 4.74 Å². The third-order valence-corrected chi connectivity index (χ3v) is 2.76. The maximum atomic E-state index is 12.8. The number of anilines is 1. The molecule has 94 valence electrons. The Morgan fingerprint density at radius 1 is 1.53 bits per heavy atom. The van der Waals surface area contributed by atoms with E-state index in [1.54, 1.807) is 0 Å². The van der Waals surface area contributed by atoms with Gasteiger partial charge in [0.25, 0.3) is 0 Å². The summed E-state index contributed by atoms with van der Waals surface area (Å²) in [5.41, 5.74) is 0.577. The van der Waals surface area contributed by atoms with Crippen molar-refractivity contribution in [3.05, 3.63) is 28.5 Å². The fraction of sp³-hybridized carbons (Fsp3) is 0.417. The number of nitrogens with one attached hydrogen (secondary N) is 1. The Bertz CT molecular complexity index is 385. The van der Waals surface area contributed by atoms with Crippen molar-refractivity contribution < 1.29 is 13.9 Å². The first-order chi connectivity index (χ1) is 8.13. The average molecular weight is 304 g/mol. The van der Waals surface area contributed by atoms with Crippen molar-refractivity contribution in [3.8, 4) is 0 Å². The van der Waals surface area contributed by atoms with Gasteiger partial charge in [-0.2, -0.15) is 0 Å². The highest BCUT2D eigenvalue weighted by Crippen LogP contribution is 2.23. The zero-order valence-electron chi connectivity index (χ0n) is 9.63. The van der Waals surface area contributed by atoms with Crippen molar-refractivity contribution >= 4 is 27.5 Å². The highest BCUT2D eigenvalue weighted by molar-refractivity contribution is 9.10. The molecule has 1 aromatic carbocycles. The zero-order valence-corrected chi connectivity index (χ0v) is 11.2. The first kappa shape index (κ1) is 14.1. The van der Waals surface area contributed by atoms with E-state index in [-0.39, 0.29) is 11.7 Å². The molecule has 0 atom stereocenters. The maximum Gasteiger partial charge on any atom is 0.224 e. The van der Waals surface area contributed by atoms with Crippen LogP contribution in [0.2, 0.25) is 0 Å². The van der Waals surface area contributed by atoms with Crippen LogP contribution in [-0.2, 0) is 9.53 Å². The molecule has 5 heteroatoms. The van der Waals surface area contributed by atoms with Gasteiger partial charge < -0.3 is 10.1 Å². The van der Waals surface area contributed by atoms with E-state index in [0.29, 0.717) is 36.2 Å². The summed E-state index contributed by atoms with van der Waals surface area (Å²) in [7, 11) is 0. The summed E-state index contributed by atoms with van der Waals surface area (Å²) in [4.78, 5) is 11.5. The molecule has 17 heavy (non-hydrogen) atoms. The molecule has 0 aliphatic carbocycles. The molecule has 0 heterocycles. The first-order valence-corrected chi connectivity index (χ1v) is 6.25. The van der Waals surface area contributed by atoms with E-state index >= 15 is 0 Å². The van der Waals surface area contributed by atoms with Crippen LogP contribution in [0.4, 0.5) is 10.1 Å². The molecule has 0 fully saturated rings. The molecule has 0 radical (unpaired) electrons. The smallest absolute Gasteiger partial charge is 0.224 e. The third kappa shape index (κ3) is 5.28. The molecule has 1 aromatic rings. The molecular formula is C12H15BrFNO2. The number of amides is 1. The fourth-order valence-electron chi connectivity index (χ4n) is 1.28. The van der Waals surface area contributed by atoms with Gasteiger partial charge in [0.15, 0.2) is 0 Å². The Labute approximate surface area is 108 Å². The van der Waals surface area contributed by atoms with Crippen LogP contribution < -0.4 is 5.32 Å². The van der Waals surface area contributed by atoms with Crippen LogP contribution in [0.25, 0.3) is 0 Å². The molecule has 1 N–H and O–H groups in total. The van der Waals surface area contributed by atoms with Gasteiger partial charge in [-0.1, -0.05) is 0 Å². The molecule has 0 unspecified atom stereocenters. The summed E-state index contributed by atoms with van der Waals surface area (Å²) in [5.74, 6) is -0.441. The van der Waals surface area contributed by atoms with Crippen LogP contribution in [0.15, 0.2) is 22.7 Å². The van der Waals surface area contributed by atoms with Crippen molar-refractivity contribution in [1.82, 2.24) is 0 Å². The van der Waals surface area contributed by atoms with Crippen molar-refractivity contribution in [1.29, 1.82) is 0 Å². The minimum atomic E-state index is -0.341. The molecule has 0 saturated heterocycles. The Kier molecular flexibility index (Phi) is 6.15. The van der Waals surface area contributed by atoms with Gasteiger partial charge in [0.2, 0.25) is 5.91 Å². The Balaban J connectivity index is 2.40. The fourth-order valence-corrected chi connectivity index (χ4v) is 1.73. The van der Waals surface area contributed by atoms with E-state index in [2.05, 4.69) is 21.2 Å². The van der Waals surface area contributed by atoms with Crippen molar-refractivity contribution in [2.24, 2.45) is 0 Å². The number of carbonyl (C=O) groups is 1. The molecular weight excluding hydrogens is 289 g/mol. The first-order valence-electron chi connectivity index (χ1n) is 5.46. The summed E-state index contributed by atoms with van der Waals surface area (Å²) in [6.45, 7) is 3.15. The highest BCUT2D eigenvalue weighted by atomic mass is 79.9. The second-order valence-electron chi connectivity index (χ2n) is 3.47. The predicted octanol–water partition coefficient (Wildman–Crippen LogP) is 3.34. The van der Waals surface area contributed by atoms with Gasteiger partial charge in [0.05, 0.1) is 5.69 Å². The van der Waals surface area contributed by atoms with E-state index in [9.17, 15) is 9.18 Å². The monoisotopic (exact) mass is 303 g/mol. The van der Waals surface area contributed by atoms with Crippen molar-refractivity contribution in [3.63, 3.8) is 0 Å². The second kappa shape index (κ2) is 7.40. The Hall–Kier alpha value is -0.940. The number of hydrogen-bond acceptors (Lipinski definition) is 2. The second-order valence-corrected chi connectivity index (χ2v) is 4.33. The molecule has 0 saturated carbocycles. The van der Waals surface area contributed by atoms with E-state index in [0.717, 1.165) is 0 Å². The van der Waals surface area contributed by atoms with Crippen LogP contribution >= 0.6 is 15.9 Å². The van der Waals surface area contributed by atoms with Gasteiger partial charge in [-0.15, -0.1) is 0 Å². The molecule has 0 aliphatic rings. The van der Waals surface area contributed by atoms with Crippen LogP contribution in [0.5, 0.6) is 0 Å². The zero-order chi connectivity index (χ0) is 12.7. The lowest BCUT2D eigenvalue weighted by atomic mass is 10.2. The van der Waals surface area contributed by atoms with Gasteiger partial charge in [0.1, 0.15) is 5.82 Å². The lowest BCUT2D eigenvalue weighted by Gasteiger charge is -2.07. The van der Waals surface area contributed by atoms with Crippen LogP contribution in [0, 0.1) is 5.82 Å². The number of carbonyl (C=O) groups excluding carboxylic acids is 1. The van der Waals surface area contributed by atoms with Gasteiger partial charge in [-0.05, 0) is 47.5 Å². The largest absolute Gasteiger partial charge is 0.382 e. The summed E-state index contributed by atoms with van der Waals surface area (Å²) in [6, 6.07) is 4.15. The Morgan fingerprint density at radius 3 is 2.94 bits per heavy atom. The predicted molar refractivity (Wildman–Crippen MR) is 68.5 cm³/mol. The van der Waals surface area contributed by atoms with Gasteiger partial charge in [-0.25, -0.2) is 4.39 Å². The number of ether oxygens (including phenoxy) is 1. The highest BCUT2D eigenvalue weighted by Gasteiger charge is 2.06. The minimum Gasteiger partial charge on any atom is -0.382 e. The quantitative estimate of drug-likeness (QED) is 0.819. The van der Waals surface area contributed by atoms with Gasteiger partial charge >= 0.3 is 0 Å². The molecule has 0 bridgehead atoms. The maximum absolute atomic E-state index is 12.8. The van der Waals surface area contributed by atoms with E-state index in [1.807, 2.05) is 6.92 Å². The van der Waals surface area contributed by atoms with Crippen LogP contribution in [0.3, 0.4) is 0 Å². The number of benzene rings is 1. The Morgan fingerprint density at radius 2 is 2.29 bits per heavy atom. The summed E-state index contributed by atoms with van der Waals surface area (Å²) >= 11 is 3.19. The van der Waals surface area contributed by atoms with Crippen LogP contribution in [-0.4, -0.2) is 19.1 Å².